The molecule has 5 nitrogen and oxygen atoms in total. The number of carbonyl (C=O) groups is 1. The number of ether oxygens (including phenoxy) is 1. The second-order valence-corrected chi connectivity index (χ2v) is 7.61. The number of piperidine rings is 1. The highest BCUT2D eigenvalue weighted by Gasteiger charge is 2.12. The first kappa shape index (κ1) is 20.1. The minimum Gasteiger partial charge on any atom is -0.491 e. The Hall–Kier alpha value is -2.60. The van der Waals surface area contributed by atoms with E-state index in [0.717, 1.165) is 18.8 Å². The number of nitrogens with one attached hydrogen (secondary N) is 2. The van der Waals surface area contributed by atoms with E-state index >= 15 is 0 Å². The van der Waals surface area contributed by atoms with Crippen molar-refractivity contribution < 1.29 is 9.53 Å². The van der Waals surface area contributed by atoms with Crippen LogP contribution in [0.1, 0.15) is 43.5 Å². The maximum absolute atomic E-state index is 12.4. The Morgan fingerprint density at radius 2 is 1.79 bits per heavy atom. The van der Waals surface area contributed by atoms with Crippen LogP contribution in [-0.2, 0) is 0 Å². The second-order valence-electron chi connectivity index (χ2n) is 7.20. The molecule has 1 heterocycles. The van der Waals surface area contributed by atoms with Crippen molar-refractivity contribution in [3.05, 3.63) is 54.1 Å². The number of thiocarbonyl (C=S) groups is 1. The Morgan fingerprint density at radius 1 is 1.07 bits per heavy atom. The predicted octanol–water partition coefficient (Wildman–Crippen LogP) is 4.59. The summed E-state index contributed by atoms with van der Waals surface area (Å²) in [5.41, 5.74) is 2.58. The Morgan fingerprint density at radius 3 is 2.46 bits per heavy atom. The summed E-state index contributed by atoms with van der Waals surface area (Å²) in [5.74, 6) is 0.395. The molecule has 1 fully saturated rings. The summed E-state index contributed by atoms with van der Waals surface area (Å²) in [7, 11) is 0. The maximum atomic E-state index is 12.4. The maximum Gasteiger partial charge on any atom is 0.257 e. The minimum atomic E-state index is -0.267. The highest BCUT2D eigenvalue weighted by molar-refractivity contribution is 7.80. The fourth-order valence-electron chi connectivity index (χ4n) is 3.23. The lowest BCUT2D eigenvalue weighted by atomic mass is 10.1. The van der Waals surface area contributed by atoms with Crippen molar-refractivity contribution in [3.8, 4) is 5.75 Å². The van der Waals surface area contributed by atoms with Crippen LogP contribution in [-0.4, -0.2) is 30.2 Å². The molecule has 2 aromatic carbocycles. The molecule has 1 amide bonds. The van der Waals surface area contributed by atoms with Gasteiger partial charge in [0.25, 0.3) is 5.91 Å². The van der Waals surface area contributed by atoms with Gasteiger partial charge in [0.1, 0.15) is 5.75 Å². The zero-order valence-corrected chi connectivity index (χ0v) is 17.2. The van der Waals surface area contributed by atoms with Crippen LogP contribution in [0.5, 0.6) is 5.75 Å². The van der Waals surface area contributed by atoms with Crippen LogP contribution in [0.25, 0.3) is 0 Å². The highest BCUT2D eigenvalue weighted by atomic mass is 32.1. The molecule has 0 radical (unpaired) electrons. The van der Waals surface area contributed by atoms with Gasteiger partial charge in [-0.25, -0.2) is 0 Å². The molecule has 1 saturated heterocycles. The standard InChI is InChI=1S/C22H27N3O2S/c1-16(2)27-20-8-6-7-17(15-20)21(26)24-22(28)23-18-9-11-19(12-10-18)25-13-4-3-5-14-25/h6-12,15-16H,3-5,13-14H2,1-2H3,(H2,23,24,26,28). The summed E-state index contributed by atoms with van der Waals surface area (Å²) in [6.07, 6.45) is 3.87. The molecule has 0 aliphatic carbocycles. The third kappa shape index (κ3) is 5.70. The number of hydrogen-bond donors (Lipinski definition) is 2. The van der Waals surface area contributed by atoms with Gasteiger partial charge in [0.05, 0.1) is 6.10 Å². The SMILES string of the molecule is CC(C)Oc1cccc(C(=O)NC(=S)Nc2ccc(N3CCCCC3)cc2)c1. The van der Waals surface area contributed by atoms with Crippen molar-refractivity contribution in [2.75, 3.05) is 23.3 Å². The van der Waals surface area contributed by atoms with Gasteiger partial charge in [0, 0.05) is 30.0 Å². The topological polar surface area (TPSA) is 53.6 Å². The first-order valence-electron chi connectivity index (χ1n) is 9.75. The van der Waals surface area contributed by atoms with E-state index < -0.39 is 0 Å². The van der Waals surface area contributed by atoms with Crippen molar-refractivity contribution in [2.45, 2.75) is 39.2 Å². The molecule has 2 N–H and O–H groups in total. The molecule has 0 spiro atoms. The molecular weight excluding hydrogens is 370 g/mol. The van der Waals surface area contributed by atoms with Gasteiger partial charge in [0.2, 0.25) is 0 Å². The summed E-state index contributed by atoms with van der Waals surface area (Å²) in [4.78, 5) is 14.8. The third-order valence-electron chi connectivity index (χ3n) is 4.54. The lowest BCUT2D eigenvalue weighted by Gasteiger charge is -2.28. The number of rotatable bonds is 5. The van der Waals surface area contributed by atoms with E-state index in [-0.39, 0.29) is 17.1 Å². The lowest BCUT2D eigenvalue weighted by molar-refractivity contribution is 0.0977. The van der Waals surface area contributed by atoms with E-state index in [0.29, 0.717) is 11.3 Å². The van der Waals surface area contributed by atoms with Crippen LogP contribution in [0.4, 0.5) is 11.4 Å². The van der Waals surface area contributed by atoms with Gasteiger partial charge in [-0.05, 0) is 87.8 Å². The fraction of sp³-hybridized carbons (Fsp3) is 0.364. The molecule has 148 valence electrons. The van der Waals surface area contributed by atoms with E-state index in [4.69, 9.17) is 17.0 Å². The van der Waals surface area contributed by atoms with Crippen LogP contribution in [0.2, 0.25) is 0 Å². The molecule has 1 aliphatic rings. The molecule has 0 unspecified atom stereocenters. The molecule has 0 bridgehead atoms. The normalized spacial score (nSPS) is 13.9. The Balaban J connectivity index is 1.55. The van der Waals surface area contributed by atoms with Crippen LogP contribution >= 0.6 is 12.2 Å². The largest absolute Gasteiger partial charge is 0.491 e. The molecule has 3 rings (SSSR count). The van der Waals surface area contributed by atoms with Crippen molar-refractivity contribution in [1.29, 1.82) is 0 Å². The zero-order chi connectivity index (χ0) is 19.9. The average molecular weight is 398 g/mol. The summed E-state index contributed by atoms with van der Waals surface area (Å²) >= 11 is 5.29. The van der Waals surface area contributed by atoms with Crippen LogP contribution in [0, 0.1) is 0 Å². The number of nitrogens with zero attached hydrogens (tertiary/aromatic N) is 1. The summed E-state index contributed by atoms with van der Waals surface area (Å²) in [6, 6.07) is 15.2. The van der Waals surface area contributed by atoms with E-state index in [9.17, 15) is 4.79 Å². The van der Waals surface area contributed by atoms with Gasteiger partial charge >= 0.3 is 0 Å². The number of carbonyl (C=O) groups excluding carboxylic acids is 1. The van der Waals surface area contributed by atoms with E-state index in [1.54, 1.807) is 18.2 Å². The zero-order valence-electron chi connectivity index (χ0n) is 16.4. The smallest absolute Gasteiger partial charge is 0.257 e. The Kier molecular flexibility index (Phi) is 6.87. The van der Waals surface area contributed by atoms with Crippen LogP contribution in [0.15, 0.2) is 48.5 Å². The summed E-state index contributed by atoms with van der Waals surface area (Å²) in [6.45, 7) is 6.12. The summed E-state index contributed by atoms with van der Waals surface area (Å²) in [5, 5.41) is 6.06. The third-order valence-corrected chi connectivity index (χ3v) is 4.75. The Labute approximate surface area is 172 Å². The molecule has 6 heteroatoms. The number of anilines is 2. The monoisotopic (exact) mass is 397 g/mol. The second kappa shape index (κ2) is 9.55. The average Bonchev–Trinajstić information content (AvgIpc) is 2.69. The minimum absolute atomic E-state index is 0.0500. The van der Waals surface area contributed by atoms with E-state index in [1.807, 2.05) is 32.0 Å². The van der Waals surface area contributed by atoms with Gasteiger partial charge < -0.3 is 15.0 Å². The predicted molar refractivity (Wildman–Crippen MR) is 118 cm³/mol. The van der Waals surface area contributed by atoms with Gasteiger partial charge in [-0.1, -0.05) is 6.07 Å². The van der Waals surface area contributed by atoms with Gasteiger partial charge in [0.15, 0.2) is 5.11 Å². The quantitative estimate of drug-likeness (QED) is 0.723. The highest BCUT2D eigenvalue weighted by Crippen LogP contribution is 2.22. The molecular formula is C22H27N3O2S. The first-order valence-corrected chi connectivity index (χ1v) is 10.2. The van der Waals surface area contributed by atoms with Gasteiger partial charge in [-0.15, -0.1) is 0 Å². The molecule has 0 atom stereocenters. The molecule has 0 aromatic heterocycles. The molecule has 2 aromatic rings. The number of benzene rings is 2. The molecule has 1 aliphatic heterocycles. The van der Waals surface area contributed by atoms with Crippen molar-refractivity contribution in [3.63, 3.8) is 0 Å². The first-order chi connectivity index (χ1) is 13.5. The van der Waals surface area contributed by atoms with Gasteiger partial charge in [-0.3, -0.25) is 10.1 Å². The number of hydrogen-bond acceptors (Lipinski definition) is 4. The summed E-state index contributed by atoms with van der Waals surface area (Å²) < 4.78 is 5.63. The van der Waals surface area contributed by atoms with Crippen molar-refractivity contribution in [2.24, 2.45) is 0 Å². The van der Waals surface area contributed by atoms with E-state index in [1.165, 1.54) is 24.9 Å². The van der Waals surface area contributed by atoms with Crippen LogP contribution < -0.4 is 20.3 Å². The lowest BCUT2D eigenvalue weighted by Crippen LogP contribution is -2.34. The van der Waals surface area contributed by atoms with Crippen molar-refractivity contribution in [1.82, 2.24) is 5.32 Å². The van der Waals surface area contributed by atoms with Crippen LogP contribution in [0.3, 0.4) is 0 Å². The molecule has 28 heavy (non-hydrogen) atoms. The van der Waals surface area contributed by atoms with E-state index in [2.05, 4.69) is 27.7 Å². The van der Waals surface area contributed by atoms with Gasteiger partial charge in [-0.2, -0.15) is 0 Å². The molecule has 0 saturated carbocycles. The Bertz CT molecular complexity index is 815. The fourth-order valence-corrected chi connectivity index (χ4v) is 3.44. The number of amides is 1. The van der Waals surface area contributed by atoms with Crippen molar-refractivity contribution >= 4 is 34.6 Å².